The number of benzene rings is 1. The van der Waals surface area contributed by atoms with Crippen molar-refractivity contribution in [3.63, 3.8) is 0 Å². The van der Waals surface area contributed by atoms with Crippen LogP contribution in [0.15, 0.2) is 24.4 Å². The molecular formula is C12H12ClNO2. The molecule has 0 saturated heterocycles. The average Bonchev–Trinajstić information content (AvgIpc) is 2.67. The van der Waals surface area contributed by atoms with E-state index in [0.717, 1.165) is 10.9 Å². The Bertz CT molecular complexity index is 545. The second-order valence-corrected chi connectivity index (χ2v) is 3.83. The minimum Gasteiger partial charge on any atom is -0.492 e. The smallest absolute Gasteiger partial charge is 0.227 e. The maximum Gasteiger partial charge on any atom is 0.227 e. The fourth-order valence-electron chi connectivity index (χ4n) is 1.70. The van der Waals surface area contributed by atoms with Crippen molar-refractivity contribution in [3.8, 4) is 5.75 Å². The molecule has 0 aliphatic carbocycles. The minimum absolute atomic E-state index is 0.0322. The van der Waals surface area contributed by atoms with Crippen molar-refractivity contribution >= 4 is 28.4 Å². The molecule has 2 aromatic rings. The van der Waals surface area contributed by atoms with E-state index in [9.17, 15) is 4.79 Å². The summed E-state index contributed by atoms with van der Waals surface area (Å²) in [4.78, 5) is 11.3. The van der Waals surface area contributed by atoms with Crippen LogP contribution in [-0.4, -0.2) is 17.1 Å². The fraction of sp³-hybridized carbons (Fsp3) is 0.250. The summed E-state index contributed by atoms with van der Waals surface area (Å²) in [6, 6.07) is 5.45. The number of hydrogen-bond donors (Lipinski definition) is 0. The van der Waals surface area contributed by atoms with Crippen LogP contribution >= 0.6 is 11.6 Å². The second kappa shape index (κ2) is 4.18. The second-order valence-electron chi connectivity index (χ2n) is 3.45. The number of aromatic nitrogens is 1. The number of ether oxygens (including phenoxy) is 1. The zero-order chi connectivity index (χ0) is 11.7. The lowest BCUT2D eigenvalue weighted by atomic mass is 10.2. The van der Waals surface area contributed by atoms with E-state index in [-0.39, 0.29) is 5.91 Å². The molecule has 1 heterocycles. The van der Waals surface area contributed by atoms with Crippen molar-refractivity contribution in [2.75, 3.05) is 6.61 Å². The quantitative estimate of drug-likeness (QED) is 0.802. The van der Waals surface area contributed by atoms with Crippen molar-refractivity contribution in [3.05, 3.63) is 29.4 Å². The zero-order valence-corrected chi connectivity index (χ0v) is 9.91. The van der Waals surface area contributed by atoms with Crippen LogP contribution in [0.4, 0.5) is 0 Å². The van der Waals surface area contributed by atoms with Crippen molar-refractivity contribution < 1.29 is 9.53 Å². The van der Waals surface area contributed by atoms with E-state index in [0.29, 0.717) is 17.4 Å². The number of nitrogens with zero attached hydrogens (tertiary/aromatic N) is 1. The van der Waals surface area contributed by atoms with E-state index in [2.05, 4.69) is 0 Å². The molecule has 0 atom stereocenters. The number of halogens is 1. The van der Waals surface area contributed by atoms with Crippen LogP contribution in [-0.2, 0) is 0 Å². The number of carbonyl (C=O) groups is 1. The van der Waals surface area contributed by atoms with Gasteiger partial charge in [-0.05, 0) is 25.1 Å². The molecule has 0 aliphatic rings. The Hall–Kier alpha value is -1.48. The molecule has 0 unspecified atom stereocenters. The Morgan fingerprint density at radius 2 is 2.19 bits per heavy atom. The van der Waals surface area contributed by atoms with E-state index < -0.39 is 0 Å². The van der Waals surface area contributed by atoms with Gasteiger partial charge in [0.25, 0.3) is 0 Å². The fourth-order valence-corrected chi connectivity index (χ4v) is 1.98. The molecule has 16 heavy (non-hydrogen) atoms. The van der Waals surface area contributed by atoms with Gasteiger partial charge >= 0.3 is 0 Å². The van der Waals surface area contributed by atoms with Gasteiger partial charge in [0.2, 0.25) is 5.91 Å². The molecule has 3 nitrogen and oxygen atoms in total. The van der Waals surface area contributed by atoms with Crippen LogP contribution in [0.25, 0.3) is 10.9 Å². The highest BCUT2D eigenvalue weighted by Gasteiger charge is 2.11. The summed E-state index contributed by atoms with van der Waals surface area (Å²) in [5.74, 6) is 0.619. The molecule has 0 spiro atoms. The van der Waals surface area contributed by atoms with Crippen LogP contribution in [0.3, 0.4) is 0 Å². The molecule has 0 bridgehead atoms. The van der Waals surface area contributed by atoms with Crippen molar-refractivity contribution in [2.24, 2.45) is 0 Å². The van der Waals surface area contributed by atoms with E-state index >= 15 is 0 Å². The van der Waals surface area contributed by atoms with Gasteiger partial charge in [-0.3, -0.25) is 9.36 Å². The van der Waals surface area contributed by atoms with E-state index in [1.807, 2.05) is 19.1 Å². The maximum absolute atomic E-state index is 11.3. The molecule has 0 saturated carbocycles. The zero-order valence-electron chi connectivity index (χ0n) is 9.16. The minimum atomic E-state index is -0.0322. The van der Waals surface area contributed by atoms with Crippen LogP contribution < -0.4 is 4.74 Å². The van der Waals surface area contributed by atoms with Crippen molar-refractivity contribution in [2.45, 2.75) is 13.8 Å². The van der Waals surface area contributed by atoms with Gasteiger partial charge < -0.3 is 4.74 Å². The molecule has 0 aliphatic heterocycles. The van der Waals surface area contributed by atoms with E-state index in [1.165, 1.54) is 6.92 Å². The Labute approximate surface area is 98.6 Å². The third-order valence-electron chi connectivity index (χ3n) is 2.41. The van der Waals surface area contributed by atoms with Gasteiger partial charge in [-0.25, -0.2) is 0 Å². The van der Waals surface area contributed by atoms with Crippen LogP contribution in [0.2, 0.25) is 5.02 Å². The van der Waals surface area contributed by atoms with Gasteiger partial charge in [0, 0.05) is 18.5 Å². The Balaban J connectivity index is 2.64. The summed E-state index contributed by atoms with van der Waals surface area (Å²) < 4.78 is 6.95. The third-order valence-corrected chi connectivity index (χ3v) is 2.80. The molecule has 0 radical (unpaired) electrons. The largest absolute Gasteiger partial charge is 0.492 e. The highest BCUT2D eigenvalue weighted by Crippen LogP contribution is 2.33. The molecular weight excluding hydrogens is 226 g/mol. The molecule has 0 fully saturated rings. The monoisotopic (exact) mass is 237 g/mol. The average molecular weight is 238 g/mol. The van der Waals surface area contributed by atoms with E-state index in [4.69, 9.17) is 16.3 Å². The Morgan fingerprint density at radius 1 is 1.44 bits per heavy atom. The molecule has 0 amide bonds. The summed E-state index contributed by atoms with van der Waals surface area (Å²) in [7, 11) is 0. The summed E-state index contributed by atoms with van der Waals surface area (Å²) in [5, 5.41) is 1.39. The summed E-state index contributed by atoms with van der Waals surface area (Å²) in [6.07, 6.45) is 1.72. The van der Waals surface area contributed by atoms with Crippen LogP contribution in [0.5, 0.6) is 5.75 Å². The molecule has 4 heteroatoms. The highest BCUT2D eigenvalue weighted by atomic mass is 35.5. The SMILES string of the molecule is CCOc1ccc2c(ccn2C(C)=O)c1Cl. The predicted octanol–water partition coefficient (Wildman–Crippen LogP) is 3.35. The topological polar surface area (TPSA) is 31.2 Å². The predicted molar refractivity (Wildman–Crippen MR) is 64.4 cm³/mol. The first-order chi connectivity index (χ1) is 7.65. The van der Waals surface area contributed by atoms with Crippen molar-refractivity contribution in [1.82, 2.24) is 4.57 Å². The van der Waals surface area contributed by atoms with Gasteiger partial charge in [-0.2, -0.15) is 0 Å². The van der Waals surface area contributed by atoms with Crippen LogP contribution in [0.1, 0.15) is 18.6 Å². The highest BCUT2D eigenvalue weighted by molar-refractivity contribution is 6.37. The Morgan fingerprint density at radius 3 is 2.81 bits per heavy atom. The molecule has 84 valence electrons. The lowest BCUT2D eigenvalue weighted by molar-refractivity contribution is 0.0941. The lowest BCUT2D eigenvalue weighted by Crippen LogP contribution is -2.02. The first kappa shape index (κ1) is 11.0. The van der Waals surface area contributed by atoms with Gasteiger partial charge in [-0.15, -0.1) is 0 Å². The number of fused-ring (bicyclic) bond motifs is 1. The van der Waals surface area contributed by atoms with E-state index in [1.54, 1.807) is 16.8 Å². The van der Waals surface area contributed by atoms with Crippen molar-refractivity contribution in [1.29, 1.82) is 0 Å². The Kier molecular flexibility index (Phi) is 2.88. The summed E-state index contributed by atoms with van der Waals surface area (Å²) in [5.41, 5.74) is 0.806. The van der Waals surface area contributed by atoms with Crippen LogP contribution in [0, 0.1) is 0 Å². The van der Waals surface area contributed by atoms with Gasteiger partial charge in [-0.1, -0.05) is 11.6 Å². The summed E-state index contributed by atoms with van der Waals surface area (Å²) in [6.45, 7) is 3.99. The first-order valence-corrected chi connectivity index (χ1v) is 5.46. The molecule has 0 N–H and O–H groups in total. The maximum atomic E-state index is 11.3. The number of carbonyl (C=O) groups excluding carboxylic acids is 1. The number of hydrogen-bond acceptors (Lipinski definition) is 2. The standard InChI is InChI=1S/C12H12ClNO2/c1-3-16-11-5-4-10-9(12(11)13)6-7-14(10)8(2)15/h4-7H,3H2,1-2H3. The molecule has 1 aromatic heterocycles. The van der Waals surface area contributed by atoms with Gasteiger partial charge in [0.1, 0.15) is 5.75 Å². The summed E-state index contributed by atoms with van der Waals surface area (Å²) >= 11 is 6.19. The van der Waals surface area contributed by atoms with Gasteiger partial charge in [0.05, 0.1) is 17.1 Å². The molecule has 2 rings (SSSR count). The first-order valence-electron chi connectivity index (χ1n) is 5.08. The number of rotatable bonds is 2. The normalized spacial score (nSPS) is 10.7. The third kappa shape index (κ3) is 1.67. The van der Waals surface area contributed by atoms with Gasteiger partial charge in [0.15, 0.2) is 0 Å². The lowest BCUT2D eigenvalue weighted by Gasteiger charge is -2.07. The molecule has 1 aromatic carbocycles.